The molecule has 0 aliphatic carbocycles. The highest BCUT2D eigenvalue weighted by molar-refractivity contribution is 5.84. The van der Waals surface area contributed by atoms with Crippen LogP contribution in [0.3, 0.4) is 0 Å². The van der Waals surface area contributed by atoms with Gasteiger partial charge in [-0.1, -0.05) is 24.3 Å². The summed E-state index contributed by atoms with van der Waals surface area (Å²) in [6.07, 6.45) is 5.01. The van der Waals surface area contributed by atoms with E-state index in [0.29, 0.717) is 5.95 Å². The summed E-state index contributed by atoms with van der Waals surface area (Å²) in [7, 11) is 0. The fourth-order valence-electron chi connectivity index (χ4n) is 2.57. The Kier molecular flexibility index (Phi) is 7.15. The second-order valence-corrected chi connectivity index (χ2v) is 7.02. The van der Waals surface area contributed by atoms with E-state index in [4.69, 9.17) is 9.47 Å². The standard InChI is InChI=1S/C22H26N6O2/c1-16(2)29-20-11-7-5-9-18(20)13-23-26-22-27-24-15-28(22)25-14-19-10-6-8-12-21(19)30-17(3)4/h5-17H,1-4H3,(H,26,27)/b23-13+,25-14-. The van der Waals surface area contributed by atoms with Crippen LogP contribution in [0.25, 0.3) is 0 Å². The Morgan fingerprint density at radius 2 is 1.43 bits per heavy atom. The van der Waals surface area contributed by atoms with Gasteiger partial charge in [-0.25, -0.2) is 5.43 Å². The fourth-order valence-corrected chi connectivity index (χ4v) is 2.57. The van der Waals surface area contributed by atoms with Crippen LogP contribution in [0.15, 0.2) is 65.1 Å². The Labute approximate surface area is 176 Å². The van der Waals surface area contributed by atoms with Crippen molar-refractivity contribution in [1.29, 1.82) is 0 Å². The van der Waals surface area contributed by atoms with Crippen molar-refractivity contribution in [2.45, 2.75) is 39.9 Å². The van der Waals surface area contributed by atoms with Crippen LogP contribution < -0.4 is 14.9 Å². The van der Waals surface area contributed by atoms with Crippen molar-refractivity contribution in [3.8, 4) is 11.5 Å². The lowest BCUT2D eigenvalue weighted by atomic mass is 10.2. The van der Waals surface area contributed by atoms with Gasteiger partial charge in [-0.3, -0.25) is 0 Å². The lowest BCUT2D eigenvalue weighted by Crippen LogP contribution is -2.07. The van der Waals surface area contributed by atoms with Crippen LogP contribution in [0, 0.1) is 0 Å². The number of nitrogens with zero attached hydrogens (tertiary/aromatic N) is 5. The Balaban J connectivity index is 1.72. The Morgan fingerprint density at radius 3 is 2.03 bits per heavy atom. The third kappa shape index (κ3) is 5.91. The predicted octanol–water partition coefficient (Wildman–Crippen LogP) is 4.18. The average Bonchev–Trinajstić information content (AvgIpc) is 3.15. The molecular formula is C22H26N6O2. The molecular weight excluding hydrogens is 380 g/mol. The molecule has 0 fully saturated rings. The van der Waals surface area contributed by atoms with Gasteiger partial charge in [0.2, 0.25) is 0 Å². The van der Waals surface area contributed by atoms with Gasteiger partial charge in [-0.2, -0.15) is 14.9 Å². The van der Waals surface area contributed by atoms with E-state index >= 15 is 0 Å². The van der Waals surface area contributed by atoms with Crippen LogP contribution >= 0.6 is 0 Å². The Hall–Kier alpha value is -3.68. The molecule has 0 atom stereocenters. The smallest absolute Gasteiger partial charge is 0.265 e. The largest absolute Gasteiger partial charge is 0.490 e. The molecule has 0 saturated carbocycles. The van der Waals surface area contributed by atoms with Crippen molar-refractivity contribution in [3.05, 3.63) is 66.0 Å². The molecule has 0 saturated heterocycles. The Bertz CT molecular complexity index is 1010. The lowest BCUT2D eigenvalue weighted by molar-refractivity contribution is 0.242. The van der Waals surface area contributed by atoms with Crippen molar-refractivity contribution < 1.29 is 9.47 Å². The van der Waals surface area contributed by atoms with Crippen LogP contribution in [0.5, 0.6) is 11.5 Å². The fraction of sp³-hybridized carbons (Fsp3) is 0.273. The maximum atomic E-state index is 5.82. The molecule has 0 spiro atoms. The first-order valence-electron chi connectivity index (χ1n) is 9.77. The van der Waals surface area contributed by atoms with E-state index in [1.807, 2.05) is 76.2 Å². The molecule has 156 valence electrons. The number of rotatable bonds is 9. The number of ether oxygens (including phenoxy) is 2. The van der Waals surface area contributed by atoms with Gasteiger partial charge in [0.15, 0.2) is 0 Å². The maximum Gasteiger partial charge on any atom is 0.265 e. The van der Waals surface area contributed by atoms with Crippen molar-refractivity contribution in [2.24, 2.45) is 10.2 Å². The number of anilines is 1. The highest BCUT2D eigenvalue weighted by atomic mass is 16.5. The molecule has 3 aromatic rings. The quantitative estimate of drug-likeness (QED) is 0.426. The molecule has 0 radical (unpaired) electrons. The van der Waals surface area contributed by atoms with E-state index in [1.54, 1.807) is 12.4 Å². The van der Waals surface area contributed by atoms with E-state index in [1.165, 1.54) is 11.0 Å². The number of hydrogen-bond acceptors (Lipinski definition) is 7. The van der Waals surface area contributed by atoms with Crippen LogP contribution in [0.4, 0.5) is 5.95 Å². The molecule has 3 rings (SSSR count). The molecule has 1 aromatic heterocycles. The molecule has 1 N–H and O–H groups in total. The molecule has 0 bridgehead atoms. The first-order chi connectivity index (χ1) is 14.5. The van der Waals surface area contributed by atoms with Crippen LogP contribution in [-0.2, 0) is 0 Å². The van der Waals surface area contributed by atoms with Crippen LogP contribution in [0.2, 0.25) is 0 Å². The normalized spacial score (nSPS) is 11.7. The highest BCUT2D eigenvalue weighted by Crippen LogP contribution is 2.18. The maximum absolute atomic E-state index is 5.82. The molecule has 2 aromatic carbocycles. The Morgan fingerprint density at radius 1 is 0.867 bits per heavy atom. The molecule has 8 nitrogen and oxygen atoms in total. The minimum absolute atomic E-state index is 0.0728. The summed E-state index contributed by atoms with van der Waals surface area (Å²) < 4.78 is 13.1. The predicted molar refractivity (Wildman–Crippen MR) is 119 cm³/mol. The second-order valence-electron chi connectivity index (χ2n) is 7.02. The summed E-state index contributed by atoms with van der Waals surface area (Å²) >= 11 is 0. The number of hydrazone groups is 1. The second kappa shape index (κ2) is 10.2. The summed E-state index contributed by atoms with van der Waals surface area (Å²) in [6, 6.07) is 15.4. The van der Waals surface area contributed by atoms with Crippen LogP contribution in [-0.4, -0.2) is 39.5 Å². The summed E-state index contributed by atoms with van der Waals surface area (Å²) in [5.41, 5.74) is 4.57. The third-order valence-electron chi connectivity index (χ3n) is 3.78. The molecule has 1 heterocycles. The van der Waals surface area contributed by atoms with Gasteiger partial charge in [0.1, 0.15) is 17.8 Å². The minimum atomic E-state index is 0.0728. The summed E-state index contributed by atoms with van der Waals surface area (Å²) in [5.74, 6) is 1.91. The van der Waals surface area contributed by atoms with Gasteiger partial charge in [-0.05, 0) is 52.0 Å². The zero-order valence-electron chi connectivity index (χ0n) is 17.6. The molecule has 0 amide bonds. The summed E-state index contributed by atoms with van der Waals surface area (Å²) in [5, 5.41) is 16.6. The SMILES string of the molecule is CC(C)Oc1ccccc1/C=N\n1cnnc1N/N=C/c1ccccc1OC(C)C. The van der Waals surface area contributed by atoms with Crippen molar-refractivity contribution in [2.75, 3.05) is 5.43 Å². The van der Waals surface area contributed by atoms with E-state index in [0.717, 1.165) is 22.6 Å². The zero-order valence-corrected chi connectivity index (χ0v) is 17.6. The summed E-state index contributed by atoms with van der Waals surface area (Å²) in [6.45, 7) is 7.93. The molecule has 0 aliphatic heterocycles. The zero-order chi connectivity index (χ0) is 21.3. The third-order valence-corrected chi connectivity index (χ3v) is 3.78. The molecule has 30 heavy (non-hydrogen) atoms. The van der Waals surface area contributed by atoms with E-state index in [2.05, 4.69) is 25.8 Å². The first kappa shape index (κ1) is 21.0. The van der Waals surface area contributed by atoms with Gasteiger partial charge in [-0.15, -0.1) is 10.2 Å². The molecule has 8 heteroatoms. The van der Waals surface area contributed by atoms with Crippen molar-refractivity contribution >= 4 is 18.4 Å². The van der Waals surface area contributed by atoms with Crippen molar-refractivity contribution in [3.63, 3.8) is 0 Å². The van der Waals surface area contributed by atoms with Gasteiger partial charge >= 0.3 is 0 Å². The number of benzene rings is 2. The average molecular weight is 406 g/mol. The van der Waals surface area contributed by atoms with Gasteiger partial charge in [0.05, 0.1) is 24.6 Å². The van der Waals surface area contributed by atoms with Crippen molar-refractivity contribution in [1.82, 2.24) is 14.9 Å². The topological polar surface area (TPSA) is 85.9 Å². The molecule has 0 unspecified atom stereocenters. The van der Waals surface area contributed by atoms with E-state index in [-0.39, 0.29) is 12.2 Å². The molecule has 0 aliphatic rings. The number of para-hydroxylation sites is 2. The minimum Gasteiger partial charge on any atom is -0.490 e. The number of nitrogens with one attached hydrogen (secondary N) is 1. The van der Waals surface area contributed by atoms with Gasteiger partial charge in [0.25, 0.3) is 5.95 Å². The van der Waals surface area contributed by atoms with Crippen LogP contribution in [0.1, 0.15) is 38.8 Å². The van der Waals surface area contributed by atoms with Gasteiger partial charge < -0.3 is 9.47 Å². The highest BCUT2D eigenvalue weighted by Gasteiger charge is 2.06. The lowest BCUT2D eigenvalue weighted by Gasteiger charge is -2.11. The number of hydrogen-bond donors (Lipinski definition) is 1. The number of aromatic nitrogens is 3. The monoisotopic (exact) mass is 406 g/mol. The first-order valence-corrected chi connectivity index (χ1v) is 9.77. The van der Waals surface area contributed by atoms with Gasteiger partial charge in [0, 0.05) is 11.1 Å². The van der Waals surface area contributed by atoms with E-state index in [9.17, 15) is 0 Å². The van der Waals surface area contributed by atoms with E-state index < -0.39 is 0 Å². The summed E-state index contributed by atoms with van der Waals surface area (Å²) in [4.78, 5) is 0.